The molecule has 1 unspecified atom stereocenters. The summed E-state index contributed by atoms with van der Waals surface area (Å²) in [6.07, 6.45) is 0. The molecule has 1 heterocycles. The minimum Gasteiger partial charge on any atom is -0.477 e. The second kappa shape index (κ2) is 6.73. The van der Waals surface area contributed by atoms with Gasteiger partial charge in [0.1, 0.15) is 9.88 Å². The predicted octanol–water partition coefficient (Wildman–Crippen LogP) is 3.94. The molecule has 0 spiro atoms. The van der Waals surface area contributed by atoms with Gasteiger partial charge in [0.05, 0.1) is 11.7 Å². The number of aromatic carboxylic acids is 1. The maximum Gasteiger partial charge on any atom is 0.347 e. The van der Waals surface area contributed by atoms with E-state index < -0.39 is 5.97 Å². The van der Waals surface area contributed by atoms with Crippen molar-refractivity contribution in [1.82, 2.24) is 10.3 Å². The molecule has 128 valence electrons. The average molecular weight is 346 g/mol. The van der Waals surface area contributed by atoms with Gasteiger partial charge in [-0.2, -0.15) is 0 Å². The number of amides is 1. The minimum atomic E-state index is -0.993. The van der Waals surface area contributed by atoms with E-state index in [0.29, 0.717) is 16.3 Å². The van der Waals surface area contributed by atoms with Crippen LogP contribution in [0, 0.1) is 6.92 Å². The molecule has 5 nitrogen and oxygen atoms in total. The van der Waals surface area contributed by atoms with Gasteiger partial charge in [-0.3, -0.25) is 4.79 Å². The summed E-state index contributed by atoms with van der Waals surface area (Å²) in [6, 6.07) is 7.17. The molecule has 0 aliphatic rings. The van der Waals surface area contributed by atoms with Crippen LogP contribution in [0.3, 0.4) is 0 Å². The Morgan fingerprint density at radius 2 is 1.79 bits per heavy atom. The van der Waals surface area contributed by atoms with E-state index in [9.17, 15) is 9.59 Å². The number of thiazole rings is 1. The number of hydrogen-bond donors (Lipinski definition) is 2. The summed E-state index contributed by atoms with van der Waals surface area (Å²) in [6.45, 7) is 9.81. The van der Waals surface area contributed by atoms with Crippen molar-refractivity contribution in [2.75, 3.05) is 0 Å². The average Bonchev–Trinajstić information content (AvgIpc) is 2.88. The number of carboxylic acids is 1. The number of hydrogen-bond acceptors (Lipinski definition) is 4. The third-order valence-electron chi connectivity index (χ3n) is 3.74. The van der Waals surface area contributed by atoms with E-state index in [2.05, 4.69) is 31.1 Å². The summed E-state index contributed by atoms with van der Waals surface area (Å²) in [4.78, 5) is 27.9. The highest BCUT2D eigenvalue weighted by Crippen LogP contribution is 2.25. The normalized spacial score (nSPS) is 12.7. The van der Waals surface area contributed by atoms with Gasteiger partial charge in [0.25, 0.3) is 5.91 Å². The monoisotopic (exact) mass is 346 g/mol. The van der Waals surface area contributed by atoms with Crippen LogP contribution in [-0.4, -0.2) is 22.0 Å². The van der Waals surface area contributed by atoms with Crippen molar-refractivity contribution in [3.63, 3.8) is 0 Å². The van der Waals surface area contributed by atoms with E-state index in [1.165, 1.54) is 0 Å². The standard InChI is InChI=1S/C18H22N2O3S/c1-10-14(17(22)23)24-16(20-10)11(2)19-15(21)12-6-8-13(9-7-12)18(3,4)5/h6-9,11H,1-5H3,(H,19,21)(H,22,23). The fraction of sp³-hybridized carbons (Fsp3) is 0.389. The molecule has 0 saturated carbocycles. The van der Waals surface area contributed by atoms with E-state index in [-0.39, 0.29) is 22.2 Å². The molecule has 1 aromatic carbocycles. The van der Waals surface area contributed by atoms with E-state index in [0.717, 1.165) is 16.9 Å². The number of carbonyl (C=O) groups excluding carboxylic acids is 1. The molecule has 0 aliphatic carbocycles. The van der Waals surface area contributed by atoms with Crippen molar-refractivity contribution in [2.45, 2.75) is 46.1 Å². The van der Waals surface area contributed by atoms with Gasteiger partial charge in [-0.05, 0) is 37.0 Å². The van der Waals surface area contributed by atoms with Crippen LogP contribution in [0.5, 0.6) is 0 Å². The van der Waals surface area contributed by atoms with Gasteiger partial charge in [-0.15, -0.1) is 11.3 Å². The Morgan fingerprint density at radius 3 is 2.25 bits per heavy atom. The summed E-state index contributed by atoms with van der Waals surface area (Å²) >= 11 is 1.09. The lowest BCUT2D eigenvalue weighted by molar-refractivity contribution is 0.0701. The Bertz CT molecular complexity index is 758. The van der Waals surface area contributed by atoms with Crippen LogP contribution < -0.4 is 5.32 Å². The van der Waals surface area contributed by atoms with E-state index in [4.69, 9.17) is 5.11 Å². The summed E-state index contributed by atoms with van der Waals surface area (Å²) in [5, 5.41) is 12.5. The van der Waals surface area contributed by atoms with Gasteiger partial charge in [-0.1, -0.05) is 32.9 Å². The summed E-state index contributed by atoms with van der Waals surface area (Å²) in [7, 11) is 0. The topological polar surface area (TPSA) is 79.3 Å². The van der Waals surface area contributed by atoms with Crippen molar-refractivity contribution in [3.05, 3.63) is 51.0 Å². The summed E-state index contributed by atoms with van der Waals surface area (Å²) in [5.41, 5.74) is 2.24. The van der Waals surface area contributed by atoms with Crippen molar-refractivity contribution in [2.24, 2.45) is 0 Å². The zero-order valence-electron chi connectivity index (χ0n) is 14.5. The highest BCUT2D eigenvalue weighted by molar-refractivity contribution is 7.13. The Labute approximate surface area is 145 Å². The first kappa shape index (κ1) is 18.1. The molecule has 1 aromatic heterocycles. The minimum absolute atomic E-state index is 0.0357. The van der Waals surface area contributed by atoms with Crippen LogP contribution in [0.1, 0.15) is 70.0 Å². The maximum atomic E-state index is 12.4. The number of nitrogens with one attached hydrogen (secondary N) is 1. The van der Waals surface area contributed by atoms with Crippen LogP contribution in [-0.2, 0) is 5.41 Å². The molecule has 0 saturated heterocycles. The van der Waals surface area contributed by atoms with Gasteiger partial charge in [-0.25, -0.2) is 9.78 Å². The number of carbonyl (C=O) groups is 2. The molecule has 6 heteroatoms. The predicted molar refractivity (Wildman–Crippen MR) is 94.8 cm³/mol. The maximum absolute atomic E-state index is 12.4. The molecule has 2 rings (SSSR count). The van der Waals surface area contributed by atoms with Crippen LogP contribution in [0.4, 0.5) is 0 Å². The molecular weight excluding hydrogens is 324 g/mol. The van der Waals surface area contributed by atoms with Gasteiger partial charge in [0, 0.05) is 5.56 Å². The summed E-state index contributed by atoms with van der Waals surface area (Å²) in [5.74, 6) is -1.19. The Balaban J connectivity index is 2.11. The lowest BCUT2D eigenvalue weighted by Crippen LogP contribution is -2.26. The largest absolute Gasteiger partial charge is 0.477 e. The molecular formula is C18H22N2O3S. The number of carboxylic acid groups (broad SMARTS) is 1. The zero-order chi connectivity index (χ0) is 18.1. The fourth-order valence-corrected chi connectivity index (χ4v) is 3.17. The van der Waals surface area contributed by atoms with E-state index in [1.54, 1.807) is 26.0 Å². The molecule has 0 radical (unpaired) electrons. The molecule has 0 fully saturated rings. The van der Waals surface area contributed by atoms with Crippen molar-refractivity contribution >= 4 is 23.2 Å². The van der Waals surface area contributed by atoms with Gasteiger partial charge < -0.3 is 10.4 Å². The van der Waals surface area contributed by atoms with Crippen molar-refractivity contribution < 1.29 is 14.7 Å². The number of nitrogens with zero attached hydrogens (tertiary/aromatic N) is 1. The first-order chi connectivity index (χ1) is 11.1. The number of aryl methyl sites for hydroxylation is 1. The highest BCUT2D eigenvalue weighted by atomic mass is 32.1. The third-order valence-corrected chi connectivity index (χ3v) is 5.07. The molecule has 2 aromatic rings. The molecule has 0 bridgehead atoms. The quantitative estimate of drug-likeness (QED) is 0.879. The SMILES string of the molecule is Cc1nc(C(C)NC(=O)c2ccc(C(C)(C)C)cc2)sc1C(=O)O. The third kappa shape index (κ3) is 4.00. The van der Waals surface area contributed by atoms with E-state index in [1.807, 2.05) is 12.1 Å². The number of aromatic nitrogens is 1. The Morgan fingerprint density at radius 1 is 1.21 bits per heavy atom. The second-order valence-corrected chi connectivity index (χ2v) is 7.82. The van der Waals surface area contributed by atoms with Crippen molar-refractivity contribution in [1.29, 1.82) is 0 Å². The smallest absolute Gasteiger partial charge is 0.347 e. The molecule has 2 N–H and O–H groups in total. The van der Waals surface area contributed by atoms with Gasteiger partial charge in [0.15, 0.2) is 0 Å². The first-order valence-electron chi connectivity index (χ1n) is 7.71. The lowest BCUT2D eigenvalue weighted by Gasteiger charge is -2.19. The van der Waals surface area contributed by atoms with Crippen LogP contribution in [0.2, 0.25) is 0 Å². The highest BCUT2D eigenvalue weighted by Gasteiger charge is 2.20. The molecule has 24 heavy (non-hydrogen) atoms. The summed E-state index contributed by atoms with van der Waals surface area (Å²) < 4.78 is 0. The Kier molecular flexibility index (Phi) is 5.08. The van der Waals surface area contributed by atoms with Gasteiger partial charge >= 0.3 is 5.97 Å². The van der Waals surface area contributed by atoms with Crippen LogP contribution in [0.15, 0.2) is 24.3 Å². The van der Waals surface area contributed by atoms with Crippen molar-refractivity contribution in [3.8, 4) is 0 Å². The Hall–Kier alpha value is -2.21. The lowest BCUT2D eigenvalue weighted by atomic mass is 9.86. The molecule has 1 amide bonds. The molecule has 1 atom stereocenters. The van der Waals surface area contributed by atoms with E-state index >= 15 is 0 Å². The molecule has 0 aliphatic heterocycles. The van der Waals surface area contributed by atoms with Gasteiger partial charge in [0.2, 0.25) is 0 Å². The number of rotatable bonds is 4. The van der Waals surface area contributed by atoms with Crippen LogP contribution in [0.25, 0.3) is 0 Å². The van der Waals surface area contributed by atoms with Crippen LogP contribution >= 0.6 is 11.3 Å². The number of benzene rings is 1. The fourth-order valence-electron chi connectivity index (χ4n) is 2.26. The first-order valence-corrected chi connectivity index (χ1v) is 8.53. The zero-order valence-corrected chi connectivity index (χ0v) is 15.3. The second-order valence-electron chi connectivity index (χ2n) is 6.79.